The van der Waals surface area contributed by atoms with E-state index in [0.717, 1.165) is 65.2 Å². The fourth-order valence-corrected chi connectivity index (χ4v) is 4.87. The first-order valence-electron chi connectivity index (χ1n) is 11.5. The molecule has 0 amide bonds. The Hall–Kier alpha value is -3.25. The van der Waals surface area contributed by atoms with Gasteiger partial charge in [0.15, 0.2) is 5.65 Å². The molecule has 0 bridgehead atoms. The van der Waals surface area contributed by atoms with Gasteiger partial charge < -0.3 is 9.47 Å². The molecule has 0 spiro atoms. The highest BCUT2D eigenvalue weighted by Gasteiger charge is 2.27. The van der Waals surface area contributed by atoms with E-state index in [1.54, 1.807) is 14.2 Å². The number of methoxy groups -OCH3 is 2. The van der Waals surface area contributed by atoms with Gasteiger partial charge in [0.2, 0.25) is 0 Å². The Morgan fingerprint density at radius 1 is 1.03 bits per heavy atom. The summed E-state index contributed by atoms with van der Waals surface area (Å²) in [5, 5.41) is 4.97. The molecule has 2 aromatic heterocycles. The topological polar surface area (TPSA) is 48.7 Å². The Morgan fingerprint density at radius 3 is 2.42 bits per heavy atom. The molecule has 0 saturated carbocycles. The maximum Gasteiger partial charge on any atom is 0.164 e. The third-order valence-electron chi connectivity index (χ3n) is 6.68. The van der Waals surface area contributed by atoms with Crippen LogP contribution in [0.3, 0.4) is 0 Å². The number of ether oxygens (including phenoxy) is 2. The second-order valence-corrected chi connectivity index (χ2v) is 8.63. The maximum atomic E-state index is 13.7. The number of rotatable bonds is 6. The van der Waals surface area contributed by atoms with Crippen LogP contribution in [0.1, 0.15) is 36.7 Å². The van der Waals surface area contributed by atoms with E-state index in [9.17, 15) is 4.39 Å². The van der Waals surface area contributed by atoms with Crippen molar-refractivity contribution in [3.63, 3.8) is 0 Å². The lowest BCUT2D eigenvalue weighted by Crippen LogP contribution is -2.19. The Balaban J connectivity index is 1.79. The maximum absolute atomic E-state index is 13.7. The van der Waals surface area contributed by atoms with E-state index in [-0.39, 0.29) is 5.82 Å². The number of fused-ring (bicyclic) bond motifs is 3. The van der Waals surface area contributed by atoms with Crippen LogP contribution in [0.25, 0.3) is 28.0 Å². The Kier molecular flexibility index (Phi) is 5.85. The average Bonchev–Trinajstić information content (AvgIpc) is 3.22. The van der Waals surface area contributed by atoms with Crippen LogP contribution < -0.4 is 4.74 Å². The van der Waals surface area contributed by atoms with Gasteiger partial charge in [-0.1, -0.05) is 25.5 Å². The molecule has 0 unspecified atom stereocenters. The van der Waals surface area contributed by atoms with Gasteiger partial charge in [0.25, 0.3) is 0 Å². The van der Waals surface area contributed by atoms with Crippen LogP contribution in [0.4, 0.5) is 4.39 Å². The van der Waals surface area contributed by atoms with Gasteiger partial charge >= 0.3 is 0 Å². The summed E-state index contributed by atoms with van der Waals surface area (Å²) < 4.78 is 26.5. The zero-order valence-electron chi connectivity index (χ0n) is 19.3. The molecule has 2 heterocycles. The summed E-state index contributed by atoms with van der Waals surface area (Å²) in [5.74, 6) is 1.17. The number of aromatic nitrogens is 3. The third kappa shape index (κ3) is 3.89. The van der Waals surface area contributed by atoms with Gasteiger partial charge in [-0.25, -0.2) is 13.9 Å². The monoisotopic (exact) mass is 445 g/mol. The number of hydrogen-bond donors (Lipinski definition) is 0. The fourth-order valence-electron chi connectivity index (χ4n) is 4.87. The lowest BCUT2D eigenvalue weighted by Gasteiger charge is -2.26. The highest BCUT2D eigenvalue weighted by atomic mass is 19.1. The molecular weight excluding hydrogens is 417 g/mol. The zero-order valence-corrected chi connectivity index (χ0v) is 19.3. The molecule has 0 N–H and O–H groups in total. The van der Waals surface area contributed by atoms with Crippen molar-refractivity contribution in [1.29, 1.82) is 0 Å². The average molecular weight is 446 g/mol. The number of aryl methyl sites for hydroxylation is 1. The molecule has 0 aliphatic heterocycles. The molecule has 0 fully saturated rings. The summed E-state index contributed by atoms with van der Waals surface area (Å²) in [7, 11) is 3.34. The number of nitrogens with zero attached hydrogens (tertiary/aromatic N) is 3. The van der Waals surface area contributed by atoms with Gasteiger partial charge in [0.05, 0.1) is 30.7 Å². The van der Waals surface area contributed by atoms with Gasteiger partial charge in [-0.15, -0.1) is 0 Å². The fraction of sp³-hybridized carbons (Fsp3) is 0.333. The summed E-state index contributed by atoms with van der Waals surface area (Å²) in [4.78, 5) is 5.17. The highest BCUT2D eigenvalue weighted by Crippen LogP contribution is 2.38. The smallest absolute Gasteiger partial charge is 0.164 e. The Morgan fingerprint density at radius 2 is 1.76 bits per heavy atom. The van der Waals surface area contributed by atoms with E-state index in [1.165, 1.54) is 23.4 Å². The summed E-state index contributed by atoms with van der Waals surface area (Å²) in [5.41, 5.74) is 7.91. The van der Waals surface area contributed by atoms with Gasteiger partial charge in [-0.05, 0) is 67.1 Å². The second-order valence-electron chi connectivity index (χ2n) is 8.63. The highest BCUT2D eigenvalue weighted by molar-refractivity contribution is 5.82. The molecule has 0 radical (unpaired) electrons. The van der Waals surface area contributed by atoms with Crippen molar-refractivity contribution in [2.24, 2.45) is 5.92 Å². The van der Waals surface area contributed by atoms with Crippen molar-refractivity contribution in [3.05, 3.63) is 71.3 Å². The van der Waals surface area contributed by atoms with Gasteiger partial charge in [0.1, 0.15) is 11.6 Å². The molecule has 1 atom stereocenters. The minimum absolute atomic E-state index is 0.245. The molecule has 33 heavy (non-hydrogen) atoms. The predicted molar refractivity (Wildman–Crippen MR) is 127 cm³/mol. The van der Waals surface area contributed by atoms with E-state index < -0.39 is 0 Å². The van der Waals surface area contributed by atoms with Crippen LogP contribution >= 0.6 is 0 Å². The van der Waals surface area contributed by atoms with E-state index in [1.807, 2.05) is 40.9 Å². The quantitative estimate of drug-likeness (QED) is 0.372. The summed E-state index contributed by atoms with van der Waals surface area (Å²) in [6.45, 7) is 2.63. The summed E-state index contributed by atoms with van der Waals surface area (Å²) in [6.07, 6.45) is 4.16. The molecule has 1 aliphatic rings. The minimum Gasteiger partial charge on any atom is -0.497 e. The predicted octanol–water partition coefficient (Wildman–Crippen LogP) is 5.87. The Bertz CT molecular complexity index is 1280. The summed E-state index contributed by atoms with van der Waals surface area (Å²) in [6, 6.07) is 14.6. The van der Waals surface area contributed by atoms with Crippen LogP contribution in [0, 0.1) is 11.7 Å². The van der Waals surface area contributed by atoms with Crippen LogP contribution in [0.5, 0.6) is 5.75 Å². The van der Waals surface area contributed by atoms with E-state index in [4.69, 9.17) is 19.6 Å². The molecule has 5 rings (SSSR count). The van der Waals surface area contributed by atoms with E-state index >= 15 is 0 Å². The first-order valence-corrected chi connectivity index (χ1v) is 11.5. The lowest BCUT2D eigenvalue weighted by molar-refractivity contribution is 0.181. The minimum atomic E-state index is -0.245. The van der Waals surface area contributed by atoms with Crippen molar-refractivity contribution < 1.29 is 13.9 Å². The normalized spacial score (nSPS) is 15.6. The lowest BCUT2D eigenvalue weighted by atomic mass is 9.83. The van der Waals surface area contributed by atoms with Crippen LogP contribution in [0.15, 0.2) is 48.5 Å². The first kappa shape index (κ1) is 21.6. The van der Waals surface area contributed by atoms with Crippen molar-refractivity contribution in [3.8, 4) is 28.1 Å². The van der Waals surface area contributed by atoms with Crippen molar-refractivity contribution in [2.75, 3.05) is 14.2 Å². The molecule has 170 valence electrons. The molecule has 1 aliphatic carbocycles. The molecule has 5 nitrogen and oxygen atoms in total. The number of hydrogen-bond acceptors (Lipinski definition) is 4. The van der Waals surface area contributed by atoms with Crippen LogP contribution in [-0.2, 0) is 24.2 Å². The van der Waals surface area contributed by atoms with Gasteiger partial charge in [0, 0.05) is 23.9 Å². The van der Waals surface area contributed by atoms with Crippen LogP contribution in [-0.4, -0.2) is 28.8 Å². The van der Waals surface area contributed by atoms with E-state index in [0.29, 0.717) is 12.5 Å². The molecule has 4 aromatic rings. The number of benzene rings is 2. The Labute approximate surface area is 193 Å². The molecule has 6 heteroatoms. The largest absolute Gasteiger partial charge is 0.497 e. The molecular formula is C27H28FN3O2. The van der Waals surface area contributed by atoms with Crippen molar-refractivity contribution >= 4 is 5.65 Å². The van der Waals surface area contributed by atoms with Crippen LogP contribution in [0.2, 0.25) is 0 Å². The second kappa shape index (κ2) is 8.94. The third-order valence-corrected chi connectivity index (χ3v) is 6.68. The zero-order chi connectivity index (χ0) is 22.9. The standard InChI is InChI=1S/C27H28FN3O2/c1-4-17-5-14-24-22(15-17)26(19-6-10-20(28)11-7-19)29-27-25(23(16-32-2)30-31(24)27)18-8-12-21(33-3)13-9-18/h6-13,17H,4-5,14-16H2,1-3H3/t17-/m0/s1. The summed E-state index contributed by atoms with van der Waals surface area (Å²) >= 11 is 0. The van der Waals surface area contributed by atoms with Crippen molar-refractivity contribution in [1.82, 2.24) is 14.6 Å². The van der Waals surface area contributed by atoms with E-state index in [2.05, 4.69) is 6.92 Å². The first-order chi connectivity index (χ1) is 16.1. The van der Waals surface area contributed by atoms with Gasteiger partial charge in [-0.2, -0.15) is 5.10 Å². The molecule has 2 aromatic carbocycles. The van der Waals surface area contributed by atoms with Crippen molar-refractivity contribution in [2.45, 2.75) is 39.2 Å². The SMILES string of the molecule is CC[C@H]1CCc2c(c(-c3ccc(F)cc3)nc3c(-c4ccc(OC)cc4)c(COC)nn23)C1. The number of halogens is 1. The van der Waals surface area contributed by atoms with Gasteiger partial charge in [-0.3, -0.25) is 0 Å². The molecule has 0 saturated heterocycles.